The molecule has 1 aliphatic heterocycles. The monoisotopic (exact) mass is 512 g/mol. The first kappa shape index (κ1) is 22.5. The molecular formula is C21H29IN4OS. The van der Waals surface area contributed by atoms with E-state index in [1.54, 1.807) is 6.08 Å². The summed E-state index contributed by atoms with van der Waals surface area (Å²) in [4.78, 5) is 6.85. The van der Waals surface area contributed by atoms with Crippen LogP contribution in [0.25, 0.3) is 0 Å². The fraction of sp³-hybridized carbons (Fsp3) is 0.381. The minimum atomic E-state index is 0. The fourth-order valence-corrected chi connectivity index (χ4v) is 3.99. The van der Waals surface area contributed by atoms with Crippen LogP contribution in [0.1, 0.15) is 18.4 Å². The number of aliphatic imine (C=N–C) groups is 1. The summed E-state index contributed by atoms with van der Waals surface area (Å²) in [5, 5.41) is 10.5. The molecule has 7 heteroatoms. The zero-order valence-corrected chi connectivity index (χ0v) is 19.4. The Morgan fingerprint density at radius 2 is 2.07 bits per heavy atom. The molecule has 2 heterocycles. The fourth-order valence-electron chi connectivity index (χ4n) is 3.20. The van der Waals surface area contributed by atoms with Gasteiger partial charge in [-0.3, -0.25) is 4.99 Å². The van der Waals surface area contributed by atoms with Crippen molar-refractivity contribution in [2.45, 2.75) is 25.4 Å². The molecule has 1 aromatic carbocycles. The van der Waals surface area contributed by atoms with E-state index < -0.39 is 0 Å². The molecule has 2 N–H and O–H groups in total. The van der Waals surface area contributed by atoms with Gasteiger partial charge in [0.2, 0.25) is 0 Å². The van der Waals surface area contributed by atoms with Gasteiger partial charge < -0.3 is 20.3 Å². The lowest BCUT2D eigenvalue weighted by molar-refractivity contribution is 0.358. The number of guanidine groups is 1. The van der Waals surface area contributed by atoms with Crippen molar-refractivity contribution in [3.05, 3.63) is 60.0 Å². The number of nitrogens with one attached hydrogen (secondary N) is 2. The highest BCUT2D eigenvalue weighted by Crippen LogP contribution is 2.24. The van der Waals surface area contributed by atoms with Crippen molar-refractivity contribution in [2.75, 3.05) is 31.6 Å². The smallest absolute Gasteiger partial charge is 0.191 e. The number of hydrogen-bond acceptors (Lipinski definition) is 4. The van der Waals surface area contributed by atoms with E-state index in [-0.39, 0.29) is 24.0 Å². The summed E-state index contributed by atoms with van der Waals surface area (Å²) < 4.78 is 5.73. The van der Waals surface area contributed by atoms with Gasteiger partial charge in [-0.1, -0.05) is 30.9 Å². The van der Waals surface area contributed by atoms with Gasteiger partial charge in [0.05, 0.1) is 5.00 Å². The topological polar surface area (TPSA) is 48.9 Å². The number of hydrogen-bond donors (Lipinski definition) is 2. The number of thiophene rings is 1. The quantitative estimate of drug-likeness (QED) is 0.252. The number of halogens is 1. The lowest BCUT2D eigenvalue weighted by Crippen LogP contribution is -2.48. The van der Waals surface area contributed by atoms with Crippen LogP contribution in [-0.2, 0) is 6.54 Å². The van der Waals surface area contributed by atoms with Crippen LogP contribution >= 0.6 is 35.3 Å². The van der Waals surface area contributed by atoms with E-state index in [1.807, 2.05) is 36.6 Å². The molecule has 0 aliphatic carbocycles. The Labute approximate surface area is 188 Å². The van der Waals surface area contributed by atoms with Gasteiger partial charge in [-0.05, 0) is 36.4 Å². The van der Waals surface area contributed by atoms with Crippen LogP contribution in [0.4, 0.5) is 5.00 Å². The van der Waals surface area contributed by atoms with Crippen molar-refractivity contribution in [3.8, 4) is 5.75 Å². The van der Waals surface area contributed by atoms with Gasteiger partial charge in [0, 0.05) is 38.3 Å². The second-order valence-corrected chi connectivity index (χ2v) is 7.42. The minimum absolute atomic E-state index is 0. The van der Waals surface area contributed by atoms with Crippen molar-refractivity contribution in [3.63, 3.8) is 0 Å². The third-order valence-corrected chi connectivity index (χ3v) is 5.58. The lowest BCUT2D eigenvalue weighted by atomic mass is 10.1. The molecule has 28 heavy (non-hydrogen) atoms. The highest BCUT2D eigenvalue weighted by molar-refractivity contribution is 14.0. The number of anilines is 1. The number of benzene rings is 1. The average Bonchev–Trinajstić information content (AvgIpc) is 3.25. The second kappa shape index (κ2) is 12.0. The predicted octanol–water partition coefficient (Wildman–Crippen LogP) is 4.26. The van der Waals surface area contributed by atoms with Crippen LogP contribution in [0.5, 0.6) is 5.75 Å². The van der Waals surface area contributed by atoms with Crippen molar-refractivity contribution in [1.82, 2.24) is 10.6 Å². The Kier molecular flexibility index (Phi) is 9.63. The largest absolute Gasteiger partial charge is 0.489 e. The Morgan fingerprint density at radius 3 is 2.75 bits per heavy atom. The number of nitrogens with zero attached hydrogens (tertiary/aromatic N) is 2. The Bertz CT molecular complexity index is 743. The average molecular weight is 512 g/mol. The van der Waals surface area contributed by atoms with Crippen LogP contribution in [0.3, 0.4) is 0 Å². The molecule has 1 aliphatic rings. The van der Waals surface area contributed by atoms with E-state index in [0.717, 1.165) is 43.2 Å². The molecule has 0 saturated carbocycles. The summed E-state index contributed by atoms with van der Waals surface area (Å²) >= 11 is 1.81. The summed E-state index contributed by atoms with van der Waals surface area (Å²) in [6, 6.07) is 12.8. The van der Waals surface area contributed by atoms with Gasteiger partial charge >= 0.3 is 0 Å². The minimum Gasteiger partial charge on any atom is -0.489 e. The van der Waals surface area contributed by atoms with Crippen molar-refractivity contribution >= 4 is 46.3 Å². The van der Waals surface area contributed by atoms with Crippen LogP contribution in [0, 0.1) is 0 Å². The van der Waals surface area contributed by atoms with Crippen molar-refractivity contribution < 1.29 is 4.74 Å². The third-order valence-electron chi connectivity index (χ3n) is 4.65. The SMILES string of the molecule is C=CCOc1ccccc1CNC(=NC)NC1CCN(c2cccs2)CC1.I. The molecular weight excluding hydrogens is 483 g/mol. The molecule has 0 amide bonds. The van der Waals surface area contributed by atoms with Gasteiger partial charge in [-0.2, -0.15) is 0 Å². The Morgan fingerprint density at radius 1 is 1.29 bits per heavy atom. The third kappa shape index (κ3) is 6.41. The molecule has 3 rings (SSSR count). The van der Waals surface area contributed by atoms with E-state index in [4.69, 9.17) is 4.74 Å². The highest BCUT2D eigenvalue weighted by Gasteiger charge is 2.20. The van der Waals surface area contributed by atoms with E-state index in [9.17, 15) is 0 Å². The van der Waals surface area contributed by atoms with Gasteiger partial charge in [-0.25, -0.2) is 0 Å². The first-order valence-electron chi connectivity index (χ1n) is 9.37. The van der Waals surface area contributed by atoms with Gasteiger partial charge in [0.15, 0.2) is 5.96 Å². The maximum Gasteiger partial charge on any atom is 0.191 e. The zero-order chi connectivity index (χ0) is 18.9. The maximum atomic E-state index is 5.73. The van der Waals surface area contributed by atoms with E-state index >= 15 is 0 Å². The number of ether oxygens (including phenoxy) is 1. The first-order chi connectivity index (χ1) is 13.3. The summed E-state index contributed by atoms with van der Waals surface area (Å²) in [6.07, 6.45) is 3.97. The van der Waals surface area contributed by atoms with Crippen molar-refractivity contribution in [2.24, 2.45) is 4.99 Å². The summed E-state index contributed by atoms with van der Waals surface area (Å²) in [7, 11) is 1.82. The molecule has 2 aromatic rings. The molecule has 0 unspecified atom stereocenters. The molecule has 0 bridgehead atoms. The van der Waals surface area contributed by atoms with Crippen LogP contribution < -0.4 is 20.3 Å². The molecule has 152 valence electrons. The first-order valence-corrected chi connectivity index (χ1v) is 10.3. The molecule has 0 atom stereocenters. The van der Waals surface area contributed by atoms with Gasteiger partial charge in [-0.15, -0.1) is 35.3 Å². The van der Waals surface area contributed by atoms with E-state index in [1.165, 1.54) is 5.00 Å². The Balaban J connectivity index is 0.00000280. The maximum absolute atomic E-state index is 5.73. The summed E-state index contributed by atoms with van der Waals surface area (Å²) in [5.41, 5.74) is 1.11. The van der Waals surface area contributed by atoms with Gasteiger partial charge in [0.1, 0.15) is 12.4 Å². The standard InChI is InChI=1S/C21H28N4OS.HI/c1-3-14-26-19-8-5-4-7-17(19)16-23-21(22-2)24-18-10-12-25(13-11-18)20-9-6-15-27-20;/h3-9,15,18H,1,10-14,16H2,2H3,(H2,22,23,24);1H. The van der Waals surface area contributed by atoms with Crippen LogP contribution in [0.2, 0.25) is 0 Å². The normalized spacial score (nSPS) is 14.9. The van der Waals surface area contributed by atoms with Crippen LogP contribution in [0.15, 0.2) is 59.4 Å². The lowest BCUT2D eigenvalue weighted by Gasteiger charge is -2.33. The molecule has 0 radical (unpaired) electrons. The highest BCUT2D eigenvalue weighted by atomic mass is 127. The molecule has 0 spiro atoms. The molecule has 5 nitrogen and oxygen atoms in total. The van der Waals surface area contributed by atoms with Crippen LogP contribution in [-0.4, -0.2) is 38.7 Å². The second-order valence-electron chi connectivity index (χ2n) is 6.49. The Hall–Kier alpha value is -1.74. The number of para-hydroxylation sites is 1. The van der Waals surface area contributed by atoms with E-state index in [2.05, 4.69) is 50.7 Å². The molecule has 1 saturated heterocycles. The number of rotatable bonds is 7. The summed E-state index contributed by atoms with van der Waals surface area (Å²) in [5.74, 6) is 1.72. The number of piperidine rings is 1. The molecule has 1 aromatic heterocycles. The van der Waals surface area contributed by atoms with Gasteiger partial charge in [0.25, 0.3) is 0 Å². The van der Waals surface area contributed by atoms with E-state index in [0.29, 0.717) is 19.2 Å². The molecule has 1 fully saturated rings. The van der Waals surface area contributed by atoms with Crippen molar-refractivity contribution in [1.29, 1.82) is 0 Å². The zero-order valence-electron chi connectivity index (χ0n) is 16.3. The predicted molar refractivity (Wildman–Crippen MR) is 130 cm³/mol. The summed E-state index contributed by atoms with van der Waals surface area (Å²) in [6.45, 7) is 7.03.